The molecular weight excluding hydrogens is 356 g/mol. The van der Waals surface area contributed by atoms with Crippen LogP contribution in [0.25, 0.3) is 6.08 Å². The van der Waals surface area contributed by atoms with Crippen molar-refractivity contribution >= 4 is 33.9 Å². The molecule has 0 saturated carbocycles. The SMILES string of the molecule is O=C1OC(c2ccc(F)c(F)c2)=N/C1=C\c1ccccc1Br. The Balaban J connectivity index is 1.98. The maximum Gasteiger partial charge on any atom is 0.363 e. The molecule has 0 aromatic heterocycles. The van der Waals surface area contributed by atoms with Crippen molar-refractivity contribution in [2.45, 2.75) is 0 Å². The number of nitrogens with zero attached hydrogens (tertiary/aromatic N) is 1. The number of halogens is 3. The van der Waals surface area contributed by atoms with Crippen LogP contribution in [0.5, 0.6) is 0 Å². The summed E-state index contributed by atoms with van der Waals surface area (Å²) in [6, 6.07) is 10.5. The Morgan fingerprint density at radius 2 is 1.86 bits per heavy atom. The number of hydrogen-bond acceptors (Lipinski definition) is 3. The molecule has 1 aliphatic rings. The van der Waals surface area contributed by atoms with Crippen LogP contribution in [0.15, 0.2) is 57.6 Å². The normalized spacial score (nSPS) is 15.9. The molecule has 0 N–H and O–H groups in total. The zero-order chi connectivity index (χ0) is 15.7. The molecule has 0 saturated heterocycles. The monoisotopic (exact) mass is 363 g/mol. The zero-order valence-corrected chi connectivity index (χ0v) is 12.6. The highest BCUT2D eigenvalue weighted by atomic mass is 79.9. The van der Waals surface area contributed by atoms with Crippen LogP contribution in [0.3, 0.4) is 0 Å². The molecule has 6 heteroatoms. The van der Waals surface area contributed by atoms with E-state index in [4.69, 9.17) is 4.74 Å². The second-order valence-electron chi connectivity index (χ2n) is 4.49. The second-order valence-corrected chi connectivity index (χ2v) is 5.34. The van der Waals surface area contributed by atoms with E-state index in [-0.39, 0.29) is 17.2 Å². The highest BCUT2D eigenvalue weighted by molar-refractivity contribution is 9.10. The van der Waals surface area contributed by atoms with Crippen molar-refractivity contribution in [3.05, 3.63) is 75.4 Å². The lowest BCUT2D eigenvalue weighted by atomic mass is 10.2. The molecule has 110 valence electrons. The van der Waals surface area contributed by atoms with Gasteiger partial charge in [-0.3, -0.25) is 0 Å². The van der Waals surface area contributed by atoms with Crippen LogP contribution in [0.1, 0.15) is 11.1 Å². The molecule has 0 aliphatic carbocycles. The molecule has 22 heavy (non-hydrogen) atoms. The first kappa shape index (κ1) is 14.6. The molecule has 0 atom stereocenters. The lowest BCUT2D eigenvalue weighted by Crippen LogP contribution is -2.06. The van der Waals surface area contributed by atoms with Gasteiger partial charge in [-0.15, -0.1) is 0 Å². The van der Waals surface area contributed by atoms with E-state index in [2.05, 4.69) is 20.9 Å². The van der Waals surface area contributed by atoms with E-state index in [1.54, 1.807) is 12.1 Å². The van der Waals surface area contributed by atoms with Crippen molar-refractivity contribution in [1.82, 2.24) is 0 Å². The van der Waals surface area contributed by atoms with Crippen molar-refractivity contribution in [3.63, 3.8) is 0 Å². The summed E-state index contributed by atoms with van der Waals surface area (Å²) in [5, 5.41) is 0. The van der Waals surface area contributed by atoms with E-state index < -0.39 is 17.6 Å². The average Bonchev–Trinajstić information content (AvgIpc) is 2.85. The standard InChI is InChI=1S/C16H8BrF2NO2/c17-11-4-2-1-3-9(11)8-14-16(21)22-15(20-14)10-5-6-12(18)13(19)7-10/h1-8H/b14-8-. The Hall–Kier alpha value is -2.34. The topological polar surface area (TPSA) is 38.7 Å². The van der Waals surface area contributed by atoms with Gasteiger partial charge in [-0.2, -0.15) is 0 Å². The van der Waals surface area contributed by atoms with Gasteiger partial charge in [-0.1, -0.05) is 34.1 Å². The lowest BCUT2D eigenvalue weighted by Gasteiger charge is -1.99. The number of esters is 1. The van der Waals surface area contributed by atoms with Crippen LogP contribution in [-0.2, 0) is 9.53 Å². The van der Waals surface area contributed by atoms with Gasteiger partial charge >= 0.3 is 5.97 Å². The summed E-state index contributed by atoms with van der Waals surface area (Å²) in [4.78, 5) is 15.9. The van der Waals surface area contributed by atoms with Gasteiger partial charge < -0.3 is 4.74 Å². The number of rotatable bonds is 2. The van der Waals surface area contributed by atoms with Crippen LogP contribution in [0.4, 0.5) is 8.78 Å². The van der Waals surface area contributed by atoms with E-state index in [0.717, 1.165) is 22.2 Å². The number of hydrogen-bond donors (Lipinski definition) is 0. The molecule has 0 amide bonds. The zero-order valence-electron chi connectivity index (χ0n) is 11.0. The van der Waals surface area contributed by atoms with Gasteiger partial charge in [0.05, 0.1) is 0 Å². The maximum absolute atomic E-state index is 13.2. The first-order valence-corrected chi connectivity index (χ1v) is 7.06. The van der Waals surface area contributed by atoms with Gasteiger partial charge in [0, 0.05) is 10.0 Å². The minimum atomic E-state index is -1.03. The van der Waals surface area contributed by atoms with Crippen molar-refractivity contribution in [2.75, 3.05) is 0 Å². The fourth-order valence-corrected chi connectivity index (χ4v) is 2.30. The van der Waals surface area contributed by atoms with Gasteiger partial charge in [-0.25, -0.2) is 18.6 Å². The first-order valence-electron chi connectivity index (χ1n) is 6.27. The number of ether oxygens (including phenoxy) is 1. The van der Waals surface area contributed by atoms with Crippen LogP contribution in [0, 0.1) is 11.6 Å². The molecule has 1 aliphatic heterocycles. The molecular formula is C16H8BrF2NO2. The van der Waals surface area contributed by atoms with Crippen LogP contribution >= 0.6 is 15.9 Å². The number of carbonyl (C=O) groups is 1. The Bertz CT molecular complexity index is 831. The van der Waals surface area contributed by atoms with E-state index in [9.17, 15) is 13.6 Å². The highest BCUT2D eigenvalue weighted by Crippen LogP contribution is 2.23. The third-order valence-corrected chi connectivity index (χ3v) is 3.71. The Morgan fingerprint density at radius 1 is 1.09 bits per heavy atom. The van der Waals surface area contributed by atoms with Gasteiger partial charge in [0.2, 0.25) is 5.90 Å². The summed E-state index contributed by atoms with van der Waals surface area (Å²) in [5.74, 6) is -2.70. The Morgan fingerprint density at radius 3 is 2.59 bits per heavy atom. The Kier molecular flexibility index (Phi) is 3.85. The molecule has 3 rings (SSSR count). The number of carbonyl (C=O) groups excluding carboxylic acids is 1. The van der Waals surface area contributed by atoms with Crippen LogP contribution in [0.2, 0.25) is 0 Å². The molecule has 2 aromatic rings. The summed E-state index contributed by atoms with van der Waals surface area (Å²) in [5.41, 5.74) is 1.04. The third-order valence-electron chi connectivity index (χ3n) is 2.98. The Labute approximate surface area is 133 Å². The summed E-state index contributed by atoms with van der Waals surface area (Å²) in [6.45, 7) is 0. The summed E-state index contributed by atoms with van der Waals surface area (Å²) in [7, 11) is 0. The molecule has 2 aromatic carbocycles. The van der Waals surface area contributed by atoms with Crippen LogP contribution < -0.4 is 0 Å². The molecule has 3 nitrogen and oxygen atoms in total. The second kappa shape index (κ2) is 5.81. The number of benzene rings is 2. The molecule has 0 unspecified atom stereocenters. The van der Waals surface area contributed by atoms with Gasteiger partial charge in [0.1, 0.15) is 0 Å². The minimum Gasteiger partial charge on any atom is -0.402 e. The average molecular weight is 364 g/mol. The molecule has 0 fully saturated rings. The number of cyclic esters (lactones) is 1. The third kappa shape index (κ3) is 2.82. The maximum atomic E-state index is 13.2. The molecule has 0 spiro atoms. The van der Waals surface area contributed by atoms with Crippen LogP contribution in [-0.4, -0.2) is 11.9 Å². The predicted octanol–water partition coefficient (Wildman–Crippen LogP) is 4.07. The molecule has 0 bridgehead atoms. The van der Waals surface area contributed by atoms with Gasteiger partial charge in [0.25, 0.3) is 0 Å². The fraction of sp³-hybridized carbons (Fsp3) is 0. The van der Waals surface area contributed by atoms with E-state index >= 15 is 0 Å². The smallest absolute Gasteiger partial charge is 0.363 e. The van der Waals surface area contributed by atoms with Crippen molar-refractivity contribution in [3.8, 4) is 0 Å². The molecule has 0 radical (unpaired) electrons. The van der Waals surface area contributed by atoms with E-state index in [1.807, 2.05) is 18.2 Å². The number of aliphatic imine (C=N–C) groups is 1. The molecule has 1 heterocycles. The summed E-state index contributed by atoms with van der Waals surface area (Å²) >= 11 is 3.36. The largest absolute Gasteiger partial charge is 0.402 e. The van der Waals surface area contributed by atoms with Gasteiger partial charge in [-0.05, 0) is 35.9 Å². The van der Waals surface area contributed by atoms with Gasteiger partial charge in [0.15, 0.2) is 17.3 Å². The van der Waals surface area contributed by atoms with Crippen molar-refractivity contribution < 1.29 is 18.3 Å². The first-order chi connectivity index (χ1) is 10.5. The fourth-order valence-electron chi connectivity index (χ4n) is 1.90. The quantitative estimate of drug-likeness (QED) is 0.595. The van der Waals surface area contributed by atoms with E-state index in [0.29, 0.717) is 0 Å². The van der Waals surface area contributed by atoms with E-state index in [1.165, 1.54) is 6.07 Å². The summed E-state index contributed by atoms with van der Waals surface area (Å²) < 4.78 is 32.0. The highest BCUT2D eigenvalue weighted by Gasteiger charge is 2.25. The minimum absolute atomic E-state index is 0.0535. The van der Waals surface area contributed by atoms with Crippen molar-refractivity contribution in [1.29, 1.82) is 0 Å². The summed E-state index contributed by atoms with van der Waals surface area (Å²) in [6.07, 6.45) is 1.55. The predicted molar refractivity (Wildman–Crippen MR) is 81.1 cm³/mol. The lowest BCUT2D eigenvalue weighted by molar-refractivity contribution is -0.129. The van der Waals surface area contributed by atoms with Crippen molar-refractivity contribution in [2.24, 2.45) is 4.99 Å².